The van der Waals surface area contributed by atoms with Gasteiger partial charge in [0.15, 0.2) is 0 Å². The monoisotopic (exact) mass is 305 g/mol. The molecular formula is C14H11NO5S. The zero-order valence-corrected chi connectivity index (χ0v) is 11.8. The Balaban J connectivity index is 2.47. The Bertz CT molecular complexity index is 720. The lowest BCUT2D eigenvalue weighted by atomic mass is 10.1. The van der Waals surface area contributed by atoms with Gasteiger partial charge in [-0.2, -0.15) is 0 Å². The van der Waals surface area contributed by atoms with Crippen LogP contribution in [0, 0.1) is 10.1 Å². The van der Waals surface area contributed by atoms with Crippen molar-refractivity contribution in [3.05, 3.63) is 57.0 Å². The number of hydrogen-bond acceptors (Lipinski definition) is 6. The van der Waals surface area contributed by atoms with Crippen molar-refractivity contribution in [2.24, 2.45) is 0 Å². The molecule has 0 aliphatic carbocycles. The first-order chi connectivity index (χ1) is 10.0. The third-order valence-electron chi connectivity index (χ3n) is 2.62. The van der Waals surface area contributed by atoms with Gasteiger partial charge < -0.3 is 9.84 Å². The van der Waals surface area contributed by atoms with Gasteiger partial charge in [0.05, 0.1) is 17.6 Å². The highest BCUT2D eigenvalue weighted by Crippen LogP contribution is 2.31. The fourth-order valence-electron chi connectivity index (χ4n) is 1.69. The lowest BCUT2D eigenvalue weighted by Gasteiger charge is -2.03. The molecule has 0 saturated carbocycles. The normalized spacial score (nSPS) is 11.2. The van der Waals surface area contributed by atoms with Crippen molar-refractivity contribution in [3.8, 4) is 5.75 Å². The molecule has 1 N–H and O–H groups in total. The van der Waals surface area contributed by atoms with E-state index in [2.05, 4.69) is 0 Å². The van der Waals surface area contributed by atoms with Crippen LogP contribution in [0.5, 0.6) is 5.75 Å². The maximum atomic E-state index is 11.9. The first kappa shape index (κ1) is 14.7. The Labute approximate surface area is 124 Å². The van der Waals surface area contributed by atoms with Crippen LogP contribution in [0.3, 0.4) is 0 Å². The van der Waals surface area contributed by atoms with Gasteiger partial charge in [0.2, 0.25) is 0 Å². The Morgan fingerprint density at radius 1 is 1.38 bits per heavy atom. The first-order valence-electron chi connectivity index (χ1n) is 5.85. The molecule has 0 amide bonds. The van der Waals surface area contributed by atoms with Crippen LogP contribution in [-0.2, 0) is 9.53 Å². The minimum atomic E-state index is -0.602. The van der Waals surface area contributed by atoms with Crippen LogP contribution in [0.15, 0.2) is 36.4 Å². The van der Waals surface area contributed by atoms with Gasteiger partial charge in [0.25, 0.3) is 0 Å². The number of hydrogen-bond donors (Lipinski definition) is 1. The second-order valence-electron chi connectivity index (χ2n) is 4.04. The number of methoxy groups -OCH3 is 1. The van der Waals surface area contributed by atoms with Crippen LogP contribution < -0.4 is 0 Å². The number of rotatable bonds is 4. The number of carbonyl (C=O) groups is 1. The summed E-state index contributed by atoms with van der Waals surface area (Å²) in [6, 6.07) is 9.14. The number of carbonyl (C=O) groups excluding carboxylic acids is 1. The van der Waals surface area contributed by atoms with E-state index in [1.165, 1.54) is 37.5 Å². The number of nitro groups is 1. The van der Waals surface area contributed by atoms with Crippen molar-refractivity contribution in [1.29, 1.82) is 0 Å². The van der Waals surface area contributed by atoms with Crippen LogP contribution in [-0.4, -0.2) is 23.1 Å². The molecule has 108 valence electrons. The van der Waals surface area contributed by atoms with Gasteiger partial charge in [-0.3, -0.25) is 10.1 Å². The largest absolute Gasteiger partial charge is 0.508 e. The van der Waals surface area contributed by atoms with E-state index in [0.29, 0.717) is 10.4 Å². The zero-order chi connectivity index (χ0) is 15.4. The molecule has 1 aromatic heterocycles. The summed E-state index contributed by atoms with van der Waals surface area (Å²) < 4.78 is 4.71. The van der Waals surface area contributed by atoms with Crippen LogP contribution in [0.4, 0.5) is 5.00 Å². The van der Waals surface area contributed by atoms with E-state index >= 15 is 0 Å². The quantitative estimate of drug-likeness (QED) is 0.406. The maximum absolute atomic E-state index is 11.9. The molecule has 0 radical (unpaired) electrons. The summed E-state index contributed by atoms with van der Waals surface area (Å²) in [6.07, 6.45) is 1.51. The molecule has 2 aromatic rings. The number of thiophene rings is 1. The molecule has 21 heavy (non-hydrogen) atoms. The molecule has 0 aliphatic heterocycles. The Morgan fingerprint density at radius 2 is 2.14 bits per heavy atom. The molecule has 0 spiro atoms. The third kappa shape index (κ3) is 3.46. The van der Waals surface area contributed by atoms with E-state index in [-0.39, 0.29) is 16.3 Å². The molecule has 1 heterocycles. The highest BCUT2D eigenvalue weighted by Gasteiger charge is 2.18. The summed E-state index contributed by atoms with van der Waals surface area (Å²) in [5.74, 6) is -0.541. The number of phenolic OH excluding ortho intramolecular Hbond substituents is 1. The van der Waals surface area contributed by atoms with Gasteiger partial charge in [-0.25, -0.2) is 4.79 Å². The first-order valence-corrected chi connectivity index (χ1v) is 6.66. The lowest BCUT2D eigenvalue weighted by molar-refractivity contribution is -0.380. The van der Waals surface area contributed by atoms with Gasteiger partial charge in [-0.05, 0) is 29.8 Å². The van der Waals surface area contributed by atoms with Gasteiger partial charge in [0, 0.05) is 10.9 Å². The zero-order valence-electron chi connectivity index (χ0n) is 11.0. The Hall–Kier alpha value is -2.67. The van der Waals surface area contributed by atoms with Crippen LogP contribution in [0.25, 0.3) is 11.6 Å². The average molecular weight is 305 g/mol. The maximum Gasteiger partial charge on any atom is 0.339 e. The van der Waals surface area contributed by atoms with E-state index < -0.39 is 10.9 Å². The summed E-state index contributed by atoms with van der Waals surface area (Å²) in [6.45, 7) is 0. The van der Waals surface area contributed by atoms with Crippen LogP contribution in [0.1, 0.15) is 10.4 Å². The Morgan fingerprint density at radius 3 is 2.71 bits per heavy atom. The number of nitrogens with zero attached hydrogens (tertiary/aromatic N) is 1. The van der Waals surface area contributed by atoms with Crippen LogP contribution in [0.2, 0.25) is 0 Å². The van der Waals surface area contributed by atoms with Gasteiger partial charge >= 0.3 is 11.0 Å². The van der Waals surface area contributed by atoms with Gasteiger partial charge in [-0.1, -0.05) is 23.5 Å². The van der Waals surface area contributed by atoms with Crippen molar-refractivity contribution in [1.82, 2.24) is 0 Å². The standard InChI is InChI=1S/C14H11NO5S/c1-20-14(17)11(8-9-3-2-4-10(16)7-9)12-5-6-13(21-12)15(18)19/h2-8,16H,1H3/b11-8+. The van der Waals surface area contributed by atoms with E-state index in [1.807, 2.05) is 0 Å². The van der Waals surface area contributed by atoms with Crippen molar-refractivity contribution in [2.45, 2.75) is 0 Å². The molecule has 1 aromatic carbocycles. The second-order valence-corrected chi connectivity index (χ2v) is 5.10. The Kier molecular flexibility index (Phi) is 4.34. The molecule has 0 bridgehead atoms. The van der Waals surface area contributed by atoms with E-state index in [4.69, 9.17) is 4.74 Å². The van der Waals surface area contributed by atoms with Crippen LogP contribution >= 0.6 is 11.3 Å². The van der Waals surface area contributed by atoms with E-state index in [1.54, 1.807) is 12.1 Å². The van der Waals surface area contributed by atoms with Crippen molar-refractivity contribution >= 4 is 34.0 Å². The number of benzene rings is 1. The number of ether oxygens (including phenoxy) is 1. The molecule has 0 saturated heterocycles. The topological polar surface area (TPSA) is 89.7 Å². The molecule has 0 aliphatic rings. The molecule has 0 unspecified atom stereocenters. The summed E-state index contributed by atoms with van der Waals surface area (Å²) in [7, 11) is 1.24. The summed E-state index contributed by atoms with van der Waals surface area (Å²) in [5, 5.41) is 20.1. The molecule has 0 fully saturated rings. The average Bonchev–Trinajstić information content (AvgIpc) is 2.94. The molecule has 2 rings (SSSR count). The predicted octanol–water partition coefficient (Wildman–Crippen LogP) is 3.08. The van der Waals surface area contributed by atoms with Crippen molar-refractivity contribution in [3.63, 3.8) is 0 Å². The summed E-state index contributed by atoms with van der Waals surface area (Å²) in [5.41, 5.74) is 0.785. The predicted molar refractivity (Wildman–Crippen MR) is 79.0 cm³/mol. The number of phenols is 1. The molecule has 6 nitrogen and oxygen atoms in total. The van der Waals surface area contributed by atoms with Gasteiger partial charge in [0.1, 0.15) is 5.75 Å². The minimum absolute atomic E-state index is 0.0595. The number of esters is 1. The van der Waals surface area contributed by atoms with Crippen molar-refractivity contribution in [2.75, 3.05) is 7.11 Å². The molecular weight excluding hydrogens is 294 g/mol. The molecule has 0 atom stereocenters. The second kappa shape index (κ2) is 6.19. The van der Waals surface area contributed by atoms with Gasteiger partial charge in [-0.15, -0.1) is 0 Å². The highest BCUT2D eigenvalue weighted by atomic mass is 32.1. The SMILES string of the molecule is COC(=O)/C(=C/c1cccc(O)c1)c1ccc([N+](=O)[O-])s1. The molecule has 7 heteroatoms. The summed E-state index contributed by atoms with van der Waals surface area (Å²) >= 11 is 0.886. The fraction of sp³-hybridized carbons (Fsp3) is 0.0714. The summed E-state index contributed by atoms with van der Waals surface area (Å²) in [4.78, 5) is 22.5. The highest BCUT2D eigenvalue weighted by molar-refractivity contribution is 7.16. The fourth-order valence-corrected chi connectivity index (χ4v) is 2.52. The van der Waals surface area contributed by atoms with Crippen molar-refractivity contribution < 1.29 is 19.6 Å². The number of aromatic hydroxyl groups is 1. The third-order valence-corrected chi connectivity index (χ3v) is 3.69. The lowest BCUT2D eigenvalue weighted by Crippen LogP contribution is -2.02. The van der Waals surface area contributed by atoms with E-state index in [0.717, 1.165) is 11.3 Å². The smallest absolute Gasteiger partial charge is 0.339 e. The van der Waals surface area contributed by atoms with E-state index in [9.17, 15) is 20.0 Å². The minimum Gasteiger partial charge on any atom is -0.508 e.